The zero-order chi connectivity index (χ0) is 15.1. The van der Waals surface area contributed by atoms with Gasteiger partial charge in [-0.1, -0.05) is 6.92 Å². The van der Waals surface area contributed by atoms with Gasteiger partial charge in [0.1, 0.15) is 5.01 Å². The van der Waals surface area contributed by atoms with Crippen LogP contribution in [0.5, 0.6) is 0 Å². The molecule has 0 radical (unpaired) electrons. The maximum atomic E-state index is 11.9. The lowest BCUT2D eigenvalue weighted by Gasteiger charge is -2.15. The highest BCUT2D eigenvalue weighted by atomic mass is 32.1. The Morgan fingerprint density at radius 3 is 3.00 bits per heavy atom. The fourth-order valence-electron chi connectivity index (χ4n) is 1.99. The van der Waals surface area contributed by atoms with Gasteiger partial charge in [0, 0.05) is 30.9 Å². The summed E-state index contributed by atoms with van der Waals surface area (Å²) in [5.41, 5.74) is 1.15. The molecular weight excluding hydrogens is 286 g/mol. The summed E-state index contributed by atoms with van der Waals surface area (Å²) in [6.07, 6.45) is 7.26. The largest absolute Gasteiger partial charge is 0.338 e. The number of hydrogen-bond donors (Lipinski definition) is 2. The van der Waals surface area contributed by atoms with Gasteiger partial charge in [-0.25, -0.2) is 9.78 Å². The molecular formula is C14H21N5OS. The molecule has 0 aromatic carbocycles. The predicted molar refractivity (Wildman–Crippen MR) is 83.3 cm³/mol. The normalized spacial score (nSPS) is 12.1. The first-order chi connectivity index (χ1) is 10.2. The van der Waals surface area contributed by atoms with E-state index < -0.39 is 0 Å². The minimum atomic E-state index is -0.145. The van der Waals surface area contributed by atoms with Crippen molar-refractivity contribution in [2.75, 3.05) is 6.54 Å². The molecule has 2 N–H and O–H groups in total. The molecule has 1 atom stereocenters. The molecule has 2 aromatic heterocycles. The molecule has 2 heterocycles. The van der Waals surface area contributed by atoms with Crippen LogP contribution in [-0.4, -0.2) is 27.3 Å². The van der Waals surface area contributed by atoms with Crippen LogP contribution in [0.3, 0.4) is 0 Å². The standard InChI is InChI=1S/C14H21N5OS/c1-3-12(13-15-6-8-21-13)18-14(20)16-5-4-7-19-10-11(2)9-17-19/h6,8-10,12H,3-5,7H2,1-2H3,(H2,16,18,20). The lowest BCUT2D eigenvalue weighted by molar-refractivity contribution is 0.236. The molecule has 2 amide bonds. The fourth-order valence-corrected chi connectivity index (χ4v) is 2.76. The first-order valence-electron chi connectivity index (χ1n) is 7.12. The van der Waals surface area contributed by atoms with E-state index in [0.717, 1.165) is 30.0 Å². The summed E-state index contributed by atoms with van der Waals surface area (Å²) in [7, 11) is 0. The van der Waals surface area contributed by atoms with Gasteiger partial charge in [-0.3, -0.25) is 4.68 Å². The maximum absolute atomic E-state index is 11.9. The number of carbonyl (C=O) groups excluding carboxylic acids is 1. The van der Waals surface area contributed by atoms with Crippen molar-refractivity contribution in [2.45, 2.75) is 39.3 Å². The molecule has 0 bridgehead atoms. The second-order valence-corrected chi connectivity index (χ2v) is 5.79. The molecule has 0 aliphatic rings. The Hall–Kier alpha value is -1.89. The molecule has 1 unspecified atom stereocenters. The Balaban J connectivity index is 1.67. The smallest absolute Gasteiger partial charge is 0.315 e. The van der Waals surface area contributed by atoms with Gasteiger partial charge >= 0.3 is 6.03 Å². The molecule has 0 spiro atoms. The third kappa shape index (κ3) is 4.86. The van der Waals surface area contributed by atoms with Crippen LogP contribution in [-0.2, 0) is 6.54 Å². The van der Waals surface area contributed by atoms with Gasteiger partial charge < -0.3 is 10.6 Å². The van der Waals surface area contributed by atoms with E-state index in [4.69, 9.17) is 0 Å². The summed E-state index contributed by atoms with van der Waals surface area (Å²) in [6, 6.07) is -0.160. The zero-order valence-corrected chi connectivity index (χ0v) is 13.2. The minimum Gasteiger partial charge on any atom is -0.338 e. The number of aryl methyl sites for hydroxylation is 2. The highest BCUT2D eigenvalue weighted by Crippen LogP contribution is 2.18. The summed E-state index contributed by atoms with van der Waals surface area (Å²) < 4.78 is 1.89. The highest BCUT2D eigenvalue weighted by molar-refractivity contribution is 7.09. The summed E-state index contributed by atoms with van der Waals surface area (Å²) in [5.74, 6) is 0. The van der Waals surface area contributed by atoms with E-state index in [9.17, 15) is 4.79 Å². The second-order valence-electron chi connectivity index (χ2n) is 4.87. The summed E-state index contributed by atoms with van der Waals surface area (Å²) in [5, 5.41) is 12.9. The van der Waals surface area contributed by atoms with Gasteiger partial charge in [0.2, 0.25) is 0 Å². The molecule has 21 heavy (non-hydrogen) atoms. The number of thiazole rings is 1. The fraction of sp³-hybridized carbons (Fsp3) is 0.500. The van der Waals surface area contributed by atoms with Crippen LogP contribution in [0, 0.1) is 6.92 Å². The molecule has 0 saturated heterocycles. The van der Waals surface area contributed by atoms with Gasteiger partial charge in [-0.15, -0.1) is 11.3 Å². The van der Waals surface area contributed by atoms with Crippen molar-refractivity contribution in [3.05, 3.63) is 34.5 Å². The van der Waals surface area contributed by atoms with Crippen molar-refractivity contribution in [3.63, 3.8) is 0 Å². The van der Waals surface area contributed by atoms with Gasteiger partial charge in [0.05, 0.1) is 12.2 Å². The molecule has 0 aliphatic carbocycles. The molecule has 2 rings (SSSR count). The van der Waals surface area contributed by atoms with Gasteiger partial charge in [-0.2, -0.15) is 5.10 Å². The number of hydrogen-bond acceptors (Lipinski definition) is 4. The van der Waals surface area contributed by atoms with Crippen molar-refractivity contribution >= 4 is 17.4 Å². The molecule has 0 aliphatic heterocycles. The van der Waals surface area contributed by atoms with E-state index in [0.29, 0.717) is 6.54 Å². The van der Waals surface area contributed by atoms with Crippen LogP contribution in [0.1, 0.15) is 36.4 Å². The zero-order valence-electron chi connectivity index (χ0n) is 12.4. The molecule has 0 fully saturated rings. The van der Waals surface area contributed by atoms with Crippen LogP contribution in [0.4, 0.5) is 4.79 Å². The minimum absolute atomic E-state index is 0.0150. The van der Waals surface area contributed by atoms with Crippen molar-refractivity contribution in [1.29, 1.82) is 0 Å². The molecule has 0 saturated carbocycles. The number of aromatic nitrogens is 3. The lowest BCUT2D eigenvalue weighted by Crippen LogP contribution is -2.38. The number of urea groups is 1. The van der Waals surface area contributed by atoms with E-state index in [1.165, 1.54) is 0 Å². The number of rotatable bonds is 7. The first kappa shape index (κ1) is 15.5. The average molecular weight is 307 g/mol. The van der Waals surface area contributed by atoms with Crippen molar-refractivity contribution < 1.29 is 4.79 Å². The van der Waals surface area contributed by atoms with Crippen LogP contribution in [0.15, 0.2) is 24.0 Å². The van der Waals surface area contributed by atoms with E-state index in [1.54, 1.807) is 17.5 Å². The van der Waals surface area contributed by atoms with Crippen LogP contribution in [0.25, 0.3) is 0 Å². The quantitative estimate of drug-likeness (QED) is 0.772. The van der Waals surface area contributed by atoms with Crippen LogP contribution >= 0.6 is 11.3 Å². The Labute approximate surface area is 128 Å². The van der Waals surface area contributed by atoms with Crippen molar-refractivity contribution in [2.24, 2.45) is 0 Å². The Morgan fingerprint density at radius 1 is 1.52 bits per heavy atom. The second kappa shape index (κ2) is 7.78. The summed E-state index contributed by atoms with van der Waals surface area (Å²) >= 11 is 1.56. The SMILES string of the molecule is CCC(NC(=O)NCCCn1cc(C)cn1)c1nccs1. The lowest BCUT2D eigenvalue weighted by atomic mass is 10.2. The van der Waals surface area contributed by atoms with Crippen molar-refractivity contribution in [1.82, 2.24) is 25.4 Å². The number of nitrogens with one attached hydrogen (secondary N) is 2. The van der Waals surface area contributed by atoms with E-state index in [-0.39, 0.29) is 12.1 Å². The van der Waals surface area contributed by atoms with E-state index in [1.807, 2.05) is 36.3 Å². The summed E-state index contributed by atoms with van der Waals surface area (Å²) in [4.78, 5) is 16.1. The number of amides is 2. The average Bonchev–Trinajstić information content (AvgIpc) is 3.12. The topological polar surface area (TPSA) is 71.8 Å². The summed E-state index contributed by atoms with van der Waals surface area (Å²) in [6.45, 7) is 5.47. The number of carbonyl (C=O) groups is 1. The van der Waals surface area contributed by atoms with Gasteiger partial charge in [0.15, 0.2) is 0 Å². The molecule has 6 nitrogen and oxygen atoms in total. The third-order valence-electron chi connectivity index (χ3n) is 3.07. The van der Waals surface area contributed by atoms with E-state index >= 15 is 0 Å². The monoisotopic (exact) mass is 307 g/mol. The van der Waals surface area contributed by atoms with Crippen molar-refractivity contribution in [3.8, 4) is 0 Å². The molecule has 7 heteroatoms. The van der Waals surface area contributed by atoms with Gasteiger partial charge in [0.25, 0.3) is 0 Å². The number of nitrogens with zero attached hydrogens (tertiary/aromatic N) is 3. The van der Waals surface area contributed by atoms with Crippen LogP contribution < -0.4 is 10.6 Å². The van der Waals surface area contributed by atoms with Crippen LogP contribution in [0.2, 0.25) is 0 Å². The third-order valence-corrected chi connectivity index (χ3v) is 3.96. The van der Waals surface area contributed by atoms with E-state index in [2.05, 4.69) is 20.7 Å². The molecule has 2 aromatic rings. The highest BCUT2D eigenvalue weighted by Gasteiger charge is 2.14. The van der Waals surface area contributed by atoms with Gasteiger partial charge in [-0.05, 0) is 25.3 Å². The molecule has 114 valence electrons. The Kier molecular flexibility index (Phi) is 5.74. The Bertz CT molecular complexity index is 551. The first-order valence-corrected chi connectivity index (χ1v) is 7.99. The predicted octanol–water partition coefficient (Wildman–Crippen LogP) is 2.49. The Morgan fingerprint density at radius 2 is 2.38 bits per heavy atom. The maximum Gasteiger partial charge on any atom is 0.315 e.